The SMILES string of the molecule is O=C(O)C1CC[CH]C(O)C1. The first kappa shape index (κ1) is 7.54. The van der Waals surface area contributed by atoms with Crippen molar-refractivity contribution in [3.05, 3.63) is 6.42 Å². The molecule has 0 saturated heterocycles. The second-order valence-electron chi connectivity index (χ2n) is 2.65. The first-order valence-corrected chi connectivity index (χ1v) is 3.44. The molecule has 1 aliphatic carbocycles. The molecule has 1 rings (SSSR count). The molecule has 3 heteroatoms. The number of aliphatic hydroxyl groups excluding tert-OH is 1. The Kier molecular flexibility index (Phi) is 2.27. The fourth-order valence-corrected chi connectivity index (χ4v) is 1.22. The molecule has 10 heavy (non-hydrogen) atoms. The van der Waals surface area contributed by atoms with E-state index in [1.165, 1.54) is 0 Å². The zero-order valence-electron chi connectivity index (χ0n) is 5.66. The molecule has 57 valence electrons. The van der Waals surface area contributed by atoms with Gasteiger partial charge in [0, 0.05) is 0 Å². The van der Waals surface area contributed by atoms with Crippen LogP contribution in [0.2, 0.25) is 0 Å². The summed E-state index contributed by atoms with van der Waals surface area (Å²) in [6.07, 6.45) is 3.04. The molecule has 3 nitrogen and oxygen atoms in total. The zero-order valence-corrected chi connectivity index (χ0v) is 5.66. The van der Waals surface area contributed by atoms with E-state index in [0.29, 0.717) is 12.8 Å². The smallest absolute Gasteiger partial charge is 0.306 e. The normalized spacial score (nSPS) is 33.7. The molecule has 0 heterocycles. The number of carbonyl (C=O) groups is 1. The molecule has 1 saturated carbocycles. The monoisotopic (exact) mass is 143 g/mol. The third-order valence-electron chi connectivity index (χ3n) is 1.83. The molecule has 0 amide bonds. The van der Waals surface area contributed by atoms with E-state index in [1.807, 2.05) is 0 Å². The van der Waals surface area contributed by atoms with E-state index in [4.69, 9.17) is 10.2 Å². The van der Waals surface area contributed by atoms with Crippen LogP contribution in [0.5, 0.6) is 0 Å². The highest BCUT2D eigenvalue weighted by Gasteiger charge is 2.25. The lowest BCUT2D eigenvalue weighted by Gasteiger charge is -2.21. The summed E-state index contributed by atoms with van der Waals surface area (Å²) in [6, 6.07) is 0. The fraction of sp³-hybridized carbons (Fsp3) is 0.714. The highest BCUT2D eigenvalue weighted by Crippen LogP contribution is 2.23. The van der Waals surface area contributed by atoms with Crippen LogP contribution in [-0.4, -0.2) is 22.3 Å². The largest absolute Gasteiger partial charge is 0.481 e. The Morgan fingerprint density at radius 3 is 2.70 bits per heavy atom. The second-order valence-corrected chi connectivity index (χ2v) is 2.65. The van der Waals surface area contributed by atoms with Crippen LogP contribution >= 0.6 is 0 Å². The van der Waals surface area contributed by atoms with Gasteiger partial charge >= 0.3 is 5.97 Å². The van der Waals surface area contributed by atoms with E-state index in [0.717, 1.165) is 6.42 Å². The van der Waals surface area contributed by atoms with Crippen LogP contribution in [0.25, 0.3) is 0 Å². The van der Waals surface area contributed by atoms with Crippen LogP contribution in [0.4, 0.5) is 0 Å². The lowest BCUT2D eigenvalue weighted by molar-refractivity contribution is -0.143. The minimum absolute atomic E-state index is 0.333. The molecule has 1 fully saturated rings. The van der Waals surface area contributed by atoms with Gasteiger partial charge in [-0.2, -0.15) is 0 Å². The molecule has 0 spiro atoms. The number of hydrogen-bond acceptors (Lipinski definition) is 2. The maximum atomic E-state index is 10.4. The van der Waals surface area contributed by atoms with Crippen LogP contribution in [0, 0.1) is 12.3 Å². The molecular formula is C7H11O3. The Morgan fingerprint density at radius 1 is 1.60 bits per heavy atom. The molecule has 2 N–H and O–H groups in total. The van der Waals surface area contributed by atoms with Crippen LogP contribution in [0.15, 0.2) is 0 Å². The van der Waals surface area contributed by atoms with Crippen molar-refractivity contribution >= 4 is 5.97 Å². The molecule has 0 aliphatic heterocycles. The molecule has 0 bridgehead atoms. The van der Waals surface area contributed by atoms with Gasteiger partial charge in [0.2, 0.25) is 0 Å². The van der Waals surface area contributed by atoms with Gasteiger partial charge in [-0.25, -0.2) is 0 Å². The molecule has 2 unspecified atom stereocenters. The van der Waals surface area contributed by atoms with E-state index in [9.17, 15) is 4.79 Å². The third kappa shape index (κ3) is 1.70. The van der Waals surface area contributed by atoms with Crippen molar-refractivity contribution in [3.63, 3.8) is 0 Å². The first-order chi connectivity index (χ1) is 4.70. The number of rotatable bonds is 1. The molecule has 0 aromatic rings. The highest BCUT2D eigenvalue weighted by molar-refractivity contribution is 5.70. The summed E-state index contributed by atoms with van der Waals surface area (Å²) in [5, 5.41) is 17.5. The van der Waals surface area contributed by atoms with Gasteiger partial charge in [-0.3, -0.25) is 4.79 Å². The molecule has 0 aromatic carbocycles. The van der Waals surface area contributed by atoms with Gasteiger partial charge in [0.25, 0.3) is 0 Å². The Morgan fingerprint density at radius 2 is 2.30 bits per heavy atom. The van der Waals surface area contributed by atoms with Crippen molar-refractivity contribution in [1.29, 1.82) is 0 Å². The van der Waals surface area contributed by atoms with Crippen LogP contribution < -0.4 is 0 Å². The van der Waals surface area contributed by atoms with E-state index < -0.39 is 12.1 Å². The van der Waals surface area contributed by atoms with E-state index in [1.54, 1.807) is 6.42 Å². The van der Waals surface area contributed by atoms with Crippen molar-refractivity contribution in [2.24, 2.45) is 5.92 Å². The predicted molar refractivity (Wildman–Crippen MR) is 35.3 cm³/mol. The summed E-state index contributed by atoms with van der Waals surface area (Å²) in [4.78, 5) is 10.4. The lowest BCUT2D eigenvalue weighted by Crippen LogP contribution is -2.25. The average Bonchev–Trinajstić information content (AvgIpc) is 1.88. The summed E-state index contributed by atoms with van der Waals surface area (Å²) in [6.45, 7) is 0. The van der Waals surface area contributed by atoms with Gasteiger partial charge in [-0.15, -0.1) is 0 Å². The van der Waals surface area contributed by atoms with Gasteiger partial charge < -0.3 is 10.2 Å². The van der Waals surface area contributed by atoms with Crippen molar-refractivity contribution < 1.29 is 15.0 Å². The number of aliphatic hydroxyl groups is 1. The van der Waals surface area contributed by atoms with Crippen molar-refractivity contribution in [2.75, 3.05) is 0 Å². The molecule has 0 aromatic heterocycles. The van der Waals surface area contributed by atoms with E-state index in [-0.39, 0.29) is 5.92 Å². The maximum absolute atomic E-state index is 10.4. The van der Waals surface area contributed by atoms with Crippen molar-refractivity contribution in [1.82, 2.24) is 0 Å². The number of carboxylic acid groups (broad SMARTS) is 1. The quantitative estimate of drug-likeness (QED) is 0.559. The summed E-state index contributed by atoms with van der Waals surface area (Å²) in [5.74, 6) is -1.12. The first-order valence-electron chi connectivity index (χ1n) is 3.44. The maximum Gasteiger partial charge on any atom is 0.306 e. The van der Waals surface area contributed by atoms with Gasteiger partial charge in [-0.05, 0) is 25.7 Å². The zero-order chi connectivity index (χ0) is 7.56. The summed E-state index contributed by atoms with van der Waals surface area (Å²) < 4.78 is 0. The number of aliphatic carboxylic acids is 1. The van der Waals surface area contributed by atoms with Crippen molar-refractivity contribution in [2.45, 2.75) is 25.4 Å². The van der Waals surface area contributed by atoms with E-state index in [2.05, 4.69) is 0 Å². The Labute approximate surface area is 59.7 Å². The standard InChI is InChI=1S/C7H11O3/c8-6-3-1-2-5(4-6)7(9)10/h3,5-6,8H,1-2,4H2,(H,9,10). The van der Waals surface area contributed by atoms with Gasteiger partial charge in [-0.1, -0.05) is 0 Å². The third-order valence-corrected chi connectivity index (χ3v) is 1.83. The average molecular weight is 143 g/mol. The number of hydrogen-bond donors (Lipinski definition) is 2. The number of carboxylic acids is 1. The highest BCUT2D eigenvalue weighted by atomic mass is 16.4. The van der Waals surface area contributed by atoms with Gasteiger partial charge in [0.1, 0.15) is 0 Å². The topological polar surface area (TPSA) is 57.5 Å². The molecule has 1 aliphatic rings. The van der Waals surface area contributed by atoms with Crippen LogP contribution in [0.3, 0.4) is 0 Å². The Balaban J connectivity index is 2.39. The minimum Gasteiger partial charge on any atom is -0.481 e. The van der Waals surface area contributed by atoms with Crippen molar-refractivity contribution in [3.8, 4) is 0 Å². The summed E-state index contributed by atoms with van der Waals surface area (Å²) >= 11 is 0. The Bertz CT molecular complexity index is 133. The summed E-state index contributed by atoms with van der Waals surface area (Å²) in [7, 11) is 0. The predicted octanol–water partition coefficient (Wildman–Crippen LogP) is 0.436. The Hall–Kier alpha value is -0.570. The molecule has 2 atom stereocenters. The lowest BCUT2D eigenvalue weighted by atomic mass is 9.87. The molecular weight excluding hydrogens is 132 g/mol. The van der Waals surface area contributed by atoms with Crippen LogP contribution in [0.1, 0.15) is 19.3 Å². The van der Waals surface area contributed by atoms with E-state index >= 15 is 0 Å². The second kappa shape index (κ2) is 3.01. The van der Waals surface area contributed by atoms with Crippen LogP contribution in [-0.2, 0) is 4.79 Å². The minimum atomic E-state index is -0.785. The van der Waals surface area contributed by atoms with Gasteiger partial charge in [0.05, 0.1) is 12.0 Å². The molecule has 1 radical (unpaired) electrons. The van der Waals surface area contributed by atoms with Gasteiger partial charge in [0.15, 0.2) is 0 Å². The fourth-order valence-electron chi connectivity index (χ4n) is 1.22. The summed E-state index contributed by atoms with van der Waals surface area (Å²) in [5.41, 5.74) is 0.